The second-order valence-electron chi connectivity index (χ2n) is 9.05. The lowest BCUT2D eigenvalue weighted by molar-refractivity contribution is -0.121. The summed E-state index contributed by atoms with van der Waals surface area (Å²) in [6.45, 7) is 7.33. The molecule has 1 aliphatic rings. The van der Waals surface area contributed by atoms with Gasteiger partial charge in [0, 0.05) is 18.8 Å². The predicted molar refractivity (Wildman–Crippen MR) is 134 cm³/mol. The Kier molecular flexibility index (Phi) is 8.10. The molecule has 0 radical (unpaired) electrons. The zero-order valence-corrected chi connectivity index (χ0v) is 20.9. The zero-order valence-electron chi connectivity index (χ0n) is 19.3. The quantitative estimate of drug-likeness (QED) is 0.596. The summed E-state index contributed by atoms with van der Waals surface area (Å²) >= 11 is 5.18. The molecule has 0 spiro atoms. The summed E-state index contributed by atoms with van der Waals surface area (Å²) < 4.78 is 32.5. The maximum atomic E-state index is 12.7. The van der Waals surface area contributed by atoms with Crippen molar-refractivity contribution in [1.29, 1.82) is 0 Å². The van der Waals surface area contributed by atoms with E-state index in [9.17, 15) is 13.2 Å². The Bertz CT molecular complexity index is 1070. The standard InChI is InChI=1S/C24H31N3O4S2/c1-24(2,3)18-7-11-20(12-8-18)31-17-22(28)26-23(32)25-19-9-13-21(14-10-19)33(29,30)27-15-5-4-6-16-27/h7-14H,4-6,15-17H2,1-3H3,(H2,25,26,28,32). The highest BCUT2D eigenvalue weighted by atomic mass is 32.2. The highest BCUT2D eigenvalue weighted by Crippen LogP contribution is 2.24. The molecule has 0 atom stereocenters. The number of carbonyl (C=O) groups is 1. The molecule has 1 amide bonds. The summed E-state index contributed by atoms with van der Waals surface area (Å²) in [5.41, 5.74) is 1.81. The van der Waals surface area contributed by atoms with Gasteiger partial charge in [0.1, 0.15) is 5.75 Å². The van der Waals surface area contributed by atoms with E-state index in [-0.39, 0.29) is 22.0 Å². The number of thiocarbonyl (C=S) groups is 1. The van der Waals surface area contributed by atoms with Crippen molar-refractivity contribution in [1.82, 2.24) is 9.62 Å². The number of nitrogens with zero attached hydrogens (tertiary/aromatic N) is 1. The third kappa shape index (κ3) is 6.99. The average Bonchev–Trinajstić information content (AvgIpc) is 2.78. The Hall–Kier alpha value is -2.49. The van der Waals surface area contributed by atoms with Crippen molar-refractivity contribution in [2.75, 3.05) is 25.0 Å². The van der Waals surface area contributed by atoms with E-state index in [1.54, 1.807) is 24.3 Å². The number of carbonyl (C=O) groups excluding carboxylic acids is 1. The topological polar surface area (TPSA) is 87.7 Å². The number of sulfonamides is 1. The highest BCUT2D eigenvalue weighted by Gasteiger charge is 2.25. The van der Waals surface area contributed by atoms with Crippen LogP contribution in [0.2, 0.25) is 0 Å². The van der Waals surface area contributed by atoms with E-state index >= 15 is 0 Å². The fourth-order valence-electron chi connectivity index (χ4n) is 3.49. The smallest absolute Gasteiger partial charge is 0.264 e. The maximum absolute atomic E-state index is 12.7. The van der Waals surface area contributed by atoms with Crippen LogP contribution in [0, 0.1) is 0 Å². The molecule has 9 heteroatoms. The van der Waals surface area contributed by atoms with Crippen LogP contribution in [0.5, 0.6) is 5.75 Å². The van der Waals surface area contributed by atoms with Gasteiger partial charge in [-0.25, -0.2) is 8.42 Å². The first-order chi connectivity index (χ1) is 15.6. The number of hydrogen-bond acceptors (Lipinski definition) is 5. The van der Waals surface area contributed by atoms with E-state index in [1.165, 1.54) is 9.87 Å². The molecule has 0 unspecified atom stereocenters. The summed E-state index contributed by atoms with van der Waals surface area (Å²) in [7, 11) is -3.48. The van der Waals surface area contributed by atoms with Crippen LogP contribution >= 0.6 is 12.2 Å². The molecule has 33 heavy (non-hydrogen) atoms. The Labute approximate surface area is 201 Å². The van der Waals surface area contributed by atoms with E-state index in [0.29, 0.717) is 24.5 Å². The van der Waals surface area contributed by atoms with Gasteiger partial charge in [-0.05, 0) is 72.4 Å². The molecule has 2 aromatic carbocycles. The molecule has 2 aromatic rings. The lowest BCUT2D eigenvalue weighted by atomic mass is 9.87. The molecular weight excluding hydrogens is 458 g/mol. The normalized spacial score (nSPS) is 15.0. The molecule has 178 valence electrons. The van der Waals surface area contributed by atoms with E-state index < -0.39 is 15.9 Å². The number of amides is 1. The summed E-state index contributed by atoms with van der Waals surface area (Å²) in [4.78, 5) is 12.4. The predicted octanol–water partition coefficient (Wildman–Crippen LogP) is 4.05. The SMILES string of the molecule is CC(C)(C)c1ccc(OCC(=O)NC(=S)Nc2ccc(S(=O)(=O)N3CCCCC3)cc2)cc1. The summed E-state index contributed by atoms with van der Waals surface area (Å²) in [5, 5.41) is 5.56. The number of benzene rings is 2. The summed E-state index contributed by atoms with van der Waals surface area (Å²) in [6.07, 6.45) is 2.84. The Morgan fingerprint density at radius 2 is 1.61 bits per heavy atom. The van der Waals surface area contributed by atoms with Crippen molar-refractivity contribution in [3.05, 3.63) is 54.1 Å². The minimum absolute atomic E-state index is 0.0453. The van der Waals surface area contributed by atoms with E-state index in [0.717, 1.165) is 19.3 Å². The third-order valence-corrected chi connectivity index (χ3v) is 7.53. The van der Waals surface area contributed by atoms with Crippen LogP contribution < -0.4 is 15.4 Å². The van der Waals surface area contributed by atoms with Crippen LogP contribution in [-0.4, -0.2) is 43.4 Å². The number of nitrogens with one attached hydrogen (secondary N) is 2. The van der Waals surface area contributed by atoms with Crippen molar-refractivity contribution < 1.29 is 17.9 Å². The van der Waals surface area contributed by atoms with Crippen LogP contribution in [0.1, 0.15) is 45.6 Å². The van der Waals surface area contributed by atoms with Gasteiger partial charge in [0.2, 0.25) is 10.0 Å². The van der Waals surface area contributed by atoms with Crippen LogP contribution in [0.4, 0.5) is 5.69 Å². The molecule has 2 N–H and O–H groups in total. The van der Waals surface area contributed by atoms with Crippen molar-refractivity contribution in [3.8, 4) is 5.75 Å². The van der Waals surface area contributed by atoms with Crippen molar-refractivity contribution >= 4 is 38.9 Å². The molecule has 1 heterocycles. The van der Waals surface area contributed by atoms with Crippen LogP contribution in [-0.2, 0) is 20.2 Å². The molecule has 1 fully saturated rings. The Morgan fingerprint density at radius 3 is 2.18 bits per heavy atom. The van der Waals surface area contributed by atoms with Gasteiger partial charge in [0.15, 0.2) is 11.7 Å². The number of rotatable bonds is 6. The maximum Gasteiger partial charge on any atom is 0.264 e. The largest absolute Gasteiger partial charge is 0.484 e. The van der Waals surface area contributed by atoms with Crippen molar-refractivity contribution in [2.45, 2.75) is 50.3 Å². The van der Waals surface area contributed by atoms with Crippen LogP contribution in [0.15, 0.2) is 53.4 Å². The number of anilines is 1. The molecule has 1 aliphatic heterocycles. The van der Waals surface area contributed by atoms with E-state index in [4.69, 9.17) is 17.0 Å². The Morgan fingerprint density at radius 1 is 1.00 bits per heavy atom. The van der Waals surface area contributed by atoms with Gasteiger partial charge in [0.25, 0.3) is 5.91 Å². The lowest BCUT2D eigenvalue weighted by Crippen LogP contribution is -2.37. The minimum Gasteiger partial charge on any atom is -0.484 e. The van der Waals surface area contributed by atoms with Gasteiger partial charge in [-0.15, -0.1) is 0 Å². The summed E-state index contributed by atoms with van der Waals surface area (Å²) in [5.74, 6) is 0.208. The van der Waals surface area contributed by atoms with Crippen molar-refractivity contribution in [3.63, 3.8) is 0 Å². The molecular formula is C24H31N3O4S2. The van der Waals surface area contributed by atoms with Crippen LogP contribution in [0.25, 0.3) is 0 Å². The van der Waals surface area contributed by atoms with E-state index in [2.05, 4.69) is 31.4 Å². The van der Waals surface area contributed by atoms with Gasteiger partial charge >= 0.3 is 0 Å². The first-order valence-electron chi connectivity index (χ1n) is 11.0. The summed E-state index contributed by atoms with van der Waals surface area (Å²) in [6, 6.07) is 14.0. The van der Waals surface area contributed by atoms with Crippen molar-refractivity contribution in [2.24, 2.45) is 0 Å². The first kappa shape index (κ1) is 25.1. The number of piperidine rings is 1. The van der Waals surface area contributed by atoms with Crippen LogP contribution in [0.3, 0.4) is 0 Å². The molecule has 3 rings (SSSR count). The molecule has 7 nitrogen and oxygen atoms in total. The molecule has 0 bridgehead atoms. The molecule has 0 aromatic heterocycles. The van der Waals surface area contributed by atoms with E-state index in [1.807, 2.05) is 24.3 Å². The second kappa shape index (κ2) is 10.6. The number of hydrogen-bond donors (Lipinski definition) is 2. The monoisotopic (exact) mass is 489 g/mol. The lowest BCUT2D eigenvalue weighted by Gasteiger charge is -2.25. The fraction of sp³-hybridized carbons (Fsp3) is 0.417. The minimum atomic E-state index is -3.48. The second-order valence-corrected chi connectivity index (χ2v) is 11.4. The zero-order chi connectivity index (χ0) is 24.1. The van der Waals surface area contributed by atoms with Gasteiger partial charge in [-0.3, -0.25) is 10.1 Å². The van der Waals surface area contributed by atoms with Gasteiger partial charge in [-0.2, -0.15) is 4.31 Å². The third-order valence-electron chi connectivity index (χ3n) is 5.41. The van der Waals surface area contributed by atoms with Gasteiger partial charge in [0.05, 0.1) is 4.90 Å². The first-order valence-corrected chi connectivity index (χ1v) is 12.8. The Balaban J connectivity index is 1.48. The molecule has 0 aliphatic carbocycles. The molecule has 0 saturated carbocycles. The number of ether oxygens (including phenoxy) is 1. The van der Waals surface area contributed by atoms with Gasteiger partial charge in [-0.1, -0.05) is 39.3 Å². The molecule has 1 saturated heterocycles. The highest BCUT2D eigenvalue weighted by molar-refractivity contribution is 7.89. The van der Waals surface area contributed by atoms with Gasteiger partial charge < -0.3 is 10.1 Å². The fourth-order valence-corrected chi connectivity index (χ4v) is 5.24. The average molecular weight is 490 g/mol.